The Morgan fingerprint density at radius 2 is 1.95 bits per heavy atom. The second kappa shape index (κ2) is 6.33. The molecule has 0 fully saturated rings. The predicted octanol–water partition coefficient (Wildman–Crippen LogP) is 4.27. The molecule has 0 saturated carbocycles. The van der Waals surface area contributed by atoms with Crippen molar-refractivity contribution in [1.29, 1.82) is 0 Å². The molecule has 0 bridgehead atoms. The van der Waals surface area contributed by atoms with E-state index in [1.54, 1.807) is 6.07 Å². The summed E-state index contributed by atoms with van der Waals surface area (Å²) < 4.78 is 13.0. The van der Waals surface area contributed by atoms with Crippen molar-refractivity contribution in [2.45, 2.75) is 32.9 Å². The zero-order valence-electron chi connectivity index (χ0n) is 11.8. The number of benzene rings is 1. The molecule has 2 nitrogen and oxygen atoms in total. The van der Waals surface area contributed by atoms with Crippen LogP contribution in [0.2, 0.25) is 5.02 Å². The molecule has 0 aliphatic heterocycles. The SMILES string of the molecule is Cc1ccc(C(NC(C)C)c2ccc(F)cn2)cc1Cl. The van der Waals surface area contributed by atoms with Crippen LogP contribution >= 0.6 is 11.6 Å². The summed E-state index contributed by atoms with van der Waals surface area (Å²) in [5.41, 5.74) is 2.83. The molecule has 1 N–H and O–H groups in total. The predicted molar refractivity (Wildman–Crippen MR) is 80.5 cm³/mol. The lowest BCUT2D eigenvalue weighted by molar-refractivity contribution is 0.517. The number of halogens is 2. The smallest absolute Gasteiger partial charge is 0.141 e. The summed E-state index contributed by atoms with van der Waals surface area (Å²) in [7, 11) is 0. The lowest BCUT2D eigenvalue weighted by Crippen LogP contribution is -2.29. The summed E-state index contributed by atoms with van der Waals surface area (Å²) in [5, 5.41) is 4.16. The van der Waals surface area contributed by atoms with Gasteiger partial charge in [-0.25, -0.2) is 4.39 Å². The van der Waals surface area contributed by atoms with Gasteiger partial charge in [0, 0.05) is 11.1 Å². The fourth-order valence-electron chi connectivity index (χ4n) is 2.03. The van der Waals surface area contributed by atoms with E-state index in [0.29, 0.717) is 0 Å². The molecule has 1 atom stereocenters. The molecular weight excluding hydrogens is 275 g/mol. The fraction of sp³-hybridized carbons (Fsp3) is 0.312. The molecular formula is C16H18ClFN2. The third-order valence-corrected chi connectivity index (χ3v) is 3.48. The van der Waals surface area contributed by atoms with Crippen LogP contribution in [0.1, 0.15) is 36.7 Å². The van der Waals surface area contributed by atoms with Crippen LogP contribution in [-0.4, -0.2) is 11.0 Å². The van der Waals surface area contributed by atoms with E-state index in [2.05, 4.69) is 24.1 Å². The van der Waals surface area contributed by atoms with Crippen molar-refractivity contribution in [2.24, 2.45) is 0 Å². The second-order valence-corrected chi connectivity index (χ2v) is 5.57. The van der Waals surface area contributed by atoms with E-state index in [0.717, 1.165) is 21.8 Å². The van der Waals surface area contributed by atoms with E-state index in [1.807, 2.05) is 25.1 Å². The molecule has 0 radical (unpaired) electrons. The van der Waals surface area contributed by atoms with E-state index >= 15 is 0 Å². The number of nitrogens with zero attached hydrogens (tertiary/aromatic N) is 1. The highest BCUT2D eigenvalue weighted by Crippen LogP contribution is 2.25. The molecule has 1 aromatic carbocycles. The molecule has 1 unspecified atom stereocenters. The minimum absolute atomic E-state index is 0.103. The average molecular weight is 293 g/mol. The Labute approximate surface area is 124 Å². The van der Waals surface area contributed by atoms with Gasteiger partial charge in [-0.05, 0) is 50.1 Å². The standard InChI is InChI=1S/C16H18ClFN2/c1-10(2)20-16(15-7-6-13(18)9-19-15)12-5-4-11(3)14(17)8-12/h4-10,16,20H,1-3H3. The first-order chi connectivity index (χ1) is 9.47. The van der Waals surface area contributed by atoms with Crippen molar-refractivity contribution in [2.75, 3.05) is 0 Å². The summed E-state index contributed by atoms with van der Waals surface area (Å²) in [5.74, 6) is -0.334. The van der Waals surface area contributed by atoms with Crippen molar-refractivity contribution in [3.05, 3.63) is 64.2 Å². The molecule has 106 valence electrons. The van der Waals surface area contributed by atoms with Crippen molar-refractivity contribution in [3.63, 3.8) is 0 Å². The maximum atomic E-state index is 13.0. The van der Waals surface area contributed by atoms with Crippen LogP contribution in [-0.2, 0) is 0 Å². The van der Waals surface area contributed by atoms with Crippen LogP contribution in [0.25, 0.3) is 0 Å². The van der Waals surface area contributed by atoms with Crippen molar-refractivity contribution < 1.29 is 4.39 Å². The normalized spacial score (nSPS) is 12.7. The largest absolute Gasteiger partial charge is 0.303 e. The maximum Gasteiger partial charge on any atom is 0.141 e. The molecule has 1 aromatic heterocycles. The first-order valence-electron chi connectivity index (χ1n) is 6.61. The minimum Gasteiger partial charge on any atom is -0.303 e. The molecule has 1 heterocycles. The maximum absolute atomic E-state index is 13.0. The number of hydrogen-bond acceptors (Lipinski definition) is 2. The number of aromatic nitrogens is 1. The molecule has 0 spiro atoms. The molecule has 0 aliphatic carbocycles. The van der Waals surface area contributed by atoms with E-state index in [-0.39, 0.29) is 17.9 Å². The Bertz CT molecular complexity index is 582. The first kappa shape index (κ1) is 14.9. The van der Waals surface area contributed by atoms with Crippen molar-refractivity contribution >= 4 is 11.6 Å². The van der Waals surface area contributed by atoms with Crippen LogP contribution in [0, 0.1) is 12.7 Å². The fourth-order valence-corrected chi connectivity index (χ4v) is 2.22. The highest BCUT2D eigenvalue weighted by Gasteiger charge is 2.17. The van der Waals surface area contributed by atoms with Crippen LogP contribution in [0.5, 0.6) is 0 Å². The monoisotopic (exact) mass is 292 g/mol. The highest BCUT2D eigenvalue weighted by molar-refractivity contribution is 6.31. The van der Waals surface area contributed by atoms with E-state index in [4.69, 9.17) is 11.6 Å². The zero-order chi connectivity index (χ0) is 14.7. The Balaban J connectivity index is 2.41. The van der Waals surface area contributed by atoms with Crippen LogP contribution in [0.15, 0.2) is 36.5 Å². The van der Waals surface area contributed by atoms with Crippen LogP contribution in [0.3, 0.4) is 0 Å². The Hall–Kier alpha value is -1.45. The topological polar surface area (TPSA) is 24.9 Å². The number of nitrogens with one attached hydrogen (secondary N) is 1. The van der Waals surface area contributed by atoms with Gasteiger partial charge in [-0.3, -0.25) is 4.98 Å². The molecule has 4 heteroatoms. The van der Waals surface area contributed by atoms with E-state index in [9.17, 15) is 4.39 Å². The van der Waals surface area contributed by atoms with Gasteiger partial charge in [0.2, 0.25) is 0 Å². The van der Waals surface area contributed by atoms with Gasteiger partial charge in [0.05, 0.1) is 17.9 Å². The Kier molecular flexibility index (Phi) is 4.73. The summed E-state index contributed by atoms with van der Waals surface area (Å²) in [6.07, 6.45) is 1.24. The van der Waals surface area contributed by atoms with Gasteiger partial charge in [-0.15, -0.1) is 0 Å². The lowest BCUT2D eigenvalue weighted by Gasteiger charge is -2.22. The quantitative estimate of drug-likeness (QED) is 0.910. The Morgan fingerprint density at radius 1 is 1.20 bits per heavy atom. The molecule has 2 rings (SSSR count). The van der Waals surface area contributed by atoms with Gasteiger partial charge >= 0.3 is 0 Å². The van der Waals surface area contributed by atoms with E-state index < -0.39 is 0 Å². The van der Waals surface area contributed by atoms with Crippen molar-refractivity contribution in [3.8, 4) is 0 Å². The van der Waals surface area contributed by atoms with Gasteiger partial charge in [-0.1, -0.05) is 23.7 Å². The van der Waals surface area contributed by atoms with Crippen LogP contribution in [0.4, 0.5) is 4.39 Å². The van der Waals surface area contributed by atoms with Crippen LogP contribution < -0.4 is 5.32 Å². The molecule has 20 heavy (non-hydrogen) atoms. The number of rotatable bonds is 4. The second-order valence-electron chi connectivity index (χ2n) is 5.16. The summed E-state index contributed by atoms with van der Waals surface area (Å²) in [4.78, 5) is 4.18. The number of hydrogen-bond donors (Lipinski definition) is 1. The van der Waals surface area contributed by atoms with Gasteiger partial charge < -0.3 is 5.32 Å². The first-order valence-corrected chi connectivity index (χ1v) is 6.98. The molecule has 2 aromatic rings. The summed E-state index contributed by atoms with van der Waals surface area (Å²) >= 11 is 6.20. The molecule has 0 saturated heterocycles. The van der Waals surface area contributed by atoms with Crippen molar-refractivity contribution in [1.82, 2.24) is 10.3 Å². The zero-order valence-corrected chi connectivity index (χ0v) is 12.6. The molecule has 0 aliphatic rings. The summed E-state index contributed by atoms with van der Waals surface area (Å²) in [6.45, 7) is 6.09. The number of pyridine rings is 1. The third kappa shape index (κ3) is 3.56. The molecule has 0 amide bonds. The van der Waals surface area contributed by atoms with Gasteiger partial charge in [0.25, 0.3) is 0 Å². The lowest BCUT2D eigenvalue weighted by atomic mass is 10.0. The highest BCUT2D eigenvalue weighted by atomic mass is 35.5. The Morgan fingerprint density at radius 3 is 2.50 bits per heavy atom. The van der Waals surface area contributed by atoms with Gasteiger partial charge in [0.15, 0.2) is 0 Å². The van der Waals surface area contributed by atoms with Gasteiger partial charge in [0.1, 0.15) is 5.82 Å². The third-order valence-electron chi connectivity index (χ3n) is 3.08. The summed E-state index contributed by atoms with van der Waals surface area (Å²) in [6, 6.07) is 9.22. The number of aryl methyl sites for hydroxylation is 1. The van der Waals surface area contributed by atoms with Gasteiger partial charge in [-0.2, -0.15) is 0 Å². The average Bonchev–Trinajstić information content (AvgIpc) is 2.40. The minimum atomic E-state index is -0.334. The van der Waals surface area contributed by atoms with E-state index in [1.165, 1.54) is 12.3 Å².